The van der Waals surface area contributed by atoms with Gasteiger partial charge in [0, 0.05) is 6.92 Å². The highest BCUT2D eigenvalue weighted by atomic mass is 16.5. The average molecular weight is 449 g/mol. The number of hydrogen-bond donors (Lipinski definition) is 1. The van der Waals surface area contributed by atoms with E-state index in [1.54, 1.807) is 0 Å². The quantitative estimate of drug-likeness (QED) is 0.161. The zero-order chi connectivity index (χ0) is 23.3. The van der Waals surface area contributed by atoms with E-state index in [2.05, 4.69) is 0 Å². The van der Waals surface area contributed by atoms with E-state index in [0.29, 0.717) is 19.6 Å². The molecule has 1 atom stereocenters. The first kappa shape index (κ1) is 28.2. The fourth-order valence-corrected chi connectivity index (χ4v) is 3.82. The molecule has 0 aliphatic rings. The zero-order valence-electron chi connectivity index (χ0n) is 20.1. The van der Waals surface area contributed by atoms with Crippen LogP contribution in [0.3, 0.4) is 0 Å². The summed E-state index contributed by atoms with van der Waals surface area (Å²) in [4.78, 5) is 22.0. The van der Waals surface area contributed by atoms with Crippen molar-refractivity contribution in [1.82, 2.24) is 0 Å². The second-order valence-electron chi connectivity index (χ2n) is 8.70. The topological polar surface area (TPSA) is 72.8 Å². The Balaban J connectivity index is 1.85. The summed E-state index contributed by atoms with van der Waals surface area (Å²) in [6, 6.07) is 9.72. The highest BCUT2D eigenvalue weighted by Gasteiger charge is 2.17. The van der Waals surface area contributed by atoms with Crippen molar-refractivity contribution in [2.45, 2.75) is 116 Å². The van der Waals surface area contributed by atoms with E-state index in [-0.39, 0.29) is 5.97 Å². The van der Waals surface area contributed by atoms with Crippen molar-refractivity contribution in [3.8, 4) is 0 Å². The summed E-state index contributed by atoms with van der Waals surface area (Å²) in [7, 11) is 0. The molecule has 0 fully saturated rings. The number of carbonyl (C=O) groups is 2. The number of carboxylic acid groups (broad SMARTS) is 1. The Kier molecular flexibility index (Phi) is 17.4. The van der Waals surface area contributed by atoms with Crippen molar-refractivity contribution in [3.63, 3.8) is 0 Å². The normalized spacial score (nSPS) is 11.9. The van der Waals surface area contributed by atoms with Crippen LogP contribution in [-0.4, -0.2) is 29.8 Å². The fraction of sp³-hybridized carbons (Fsp3) is 0.704. The maximum Gasteiger partial charge on any atom is 0.332 e. The first-order valence-electron chi connectivity index (χ1n) is 12.6. The SMILES string of the molecule is CC(=O)OCCCCCCCCCCCCCCCCC(OCc1ccccc1)C(=O)O. The highest BCUT2D eigenvalue weighted by Crippen LogP contribution is 2.15. The molecule has 0 spiro atoms. The Morgan fingerprint density at radius 3 is 1.69 bits per heavy atom. The van der Waals surface area contributed by atoms with Gasteiger partial charge in [-0.15, -0.1) is 0 Å². The molecule has 1 N–H and O–H groups in total. The van der Waals surface area contributed by atoms with Crippen LogP contribution in [0.25, 0.3) is 0 Å². The van der Waals surface area contributed by atoms with Crippen LogP contribution in [0, 0.1) is 0 Å². The van der Waals surface area contributed by atoms with Gasteiger partial charge in [0.1, 0.15) is 0 Å². The van der Waals surface area contributed by atoms with Crippen LogP contribution in [0.5, 0.6) is 0 Å². The second kappa shape index (κ2) is 19.8. The molecule has 0 aromatic heterocycles. The van der Waals surface area contributed by atoms with Gasteiger partial charge in [0.2, 0.25) is 0 Å². The molecule has 0 saturated heterocycles. The number of rotatable bonds is 21. The summed E-state index contributed by atoms with van der Waals surface area (Å²) in [5, 5.41) is 9.35. The number of ether oxygens (including phenoxy) is 2. The average Bonchev–Trinajstić information content (AvgIpc) is 2.78. The number of carboxylic acids is 1. The van der Waals surface area contributed by atoms with Crippen molar-refractivity contribution < 1.29 is 24.2 Å². The maximum absolute atomic E-state index is 11.4. The van der Waals surface area contributed by atoms with Gasteiger partial charge in [-0.05, 0) is 18.4 Å². The Morgan fingerprint density at radius 2 is 1.22 bits per heavy atom. The smallest absolute Gasteiger partial charge is 0.332 e. The van der Waals surface area contributed by atoms with Crippen LogP contribution in [0.2, 0.25) is 0 Å². The van der Waals surface area contributed by atoms with E-state index in [0.717, 1.165) is 31.2 Å². The Hall–Kier alpha value is -1.88. The summed E-state index contributed by atoms with van der Waals surface area (Å²) in [6.07, 6.45) is 16.8. The summed E-state index contributed by atoms with van der Waals surface area (Å²) in [5.74, 6) is -1.04. The summed E-state index contributed by atoms with van der Waals surface area (Å²) < 4.78 is 10.5. The van der Waals surface area contributed by atoms with E-state index in [4.69, 9.17) is 9.47 Å². The van der Waals surface area contributed by atoms with Crippen LogP contribution >= 0.6 is 0 Å². The van der Waals surface area contributed by atoms with E-state index in [9.17, 15) is 14.7 Å². The first-order valence-corrected chi connectivity index (χ1v) is 12.6. The zero-order valence-corrected chi connectivity index (χ0v) is 20.1. The monoisotopic (exact) mass is 448 g/mol. The molecular weight excluding hydrogens is 404 g/mol. The first-order chi connectivity index (χ1) is 15.6. The third kappa shape index (κ3) is 16.8. The van der Waals surface area contributed by atoms with Crippen LogP contribution in [0.15, 0.2) is 30.3 Å². The summed E-state index contributed by atoms with van der Waals surface area (Å²) in [6.45, 7) is 2.38. The van der Waals surface area contributed by atoms with Crippen molar-refractivity contribution in [2.75, 3.05) is 6.61 Å². The van der Waals surface area contributed by atoms with E-state index in [1.807, 2.05) is 30.3 Å². The molecule has 32 heavy (non-hydrogen) atoms. The van der Waals surface area contributed by atoms with Crippen LogP contribution < -0.4 is 0 Å². The summed E-state index contributed by atoms with van der Waals surface area (Å²) >= 11 is 0. The van der Waals surface area contributed by atoms with Gasteiger partial charge >= 0.3 is 11.9 Å². The highest BCUT2D eigenvalue weighted by molar-refractivity contribution is 5.72. The molecule has 0 saturated carbocycles. The molecule has 1 aromatic rings. The second-order valence-corrected chi connectivity index (χ2v) is 8.70. The lowest BCUT2D eigenvalue weighted by molar-refractivity contribution is -0.151. The number of benzene rings is 1. The molecule has 182 valence electrons. The van der Waals surface area contributed by atoms with Gasteiger partial charge in [-0.1, -0.05) is 114 Å². The van der Waals surface area contributed by atoms with Gasteiger partial charge < -0.3 is 14.6 Å². The van der Waals surface area contributed by atoms with E-state index >= 15 is 0 Å². The molecule has 1 unspecified atom stereocenters. The molecule has 0 bridgehead atoms. The standard InChI is InChI=1S/C27H44O5/c1-24(28)31-22-18-13-11-9-7-5-3-2-4-6-8-10-12-17-21-26(27(29)30)32-23-25-19-15-14-16-20-25/h14-16,19-20,26H,2-13,17-18,21-23H2,1H3,(H,29,30). The van der Waals surface area contributed by atoms with Crippen molar-refractivity contribution in [1.29, 1.82) is 0 Å². The van der Waals surface area contributed by atoms with Gasteiger partial charge in [0.15, 0.2) is 6.10 Å². The lowest BCUT2D eigenvalue weighted by atomic mass is 10.0. The number of hydrogen-bond acceptors (Lipinski definition) is 4. The molecule has 0 amide bonds. The van der Waals surface area contributed by atoms with Crippen molar-refractivity contribution in [2.24, 2.45) is 0 Å². The summed E-state index contributed by atoms with van der Waals surface area (Å²) in [5.41, 5.74) is 1.01. The van der Waals surface area contributed by atoms with E-state index < -0.39 is 12.1 Å². The van der Waals surface area contributed by atoms with Gasteiger partial charge in [-0.25, -0.2) is 4.79 Å². The largest absolute Gasteiger partial charge is 0.479 e. The fourth-order valence-electron chi connectivity index (χ4n) is 3.82. The maximum atomic E-state index is 11.4. The van der Waals surface area contributed by atoms with Crippen molar-refractivity contribution in [3.05, 3.63) is 35.9 Å². The Bertz CT molecular complexity index is 587. The van der Waals surface area contributed by atoms with Crippen LogP contribution in [0.4, 0.5) is 0 Å². The molecule has 0 heterocycles. The predicted molar refractivity (Wildman–Crippen MR) is 129 cm³/mol. The lowest BCUT2D eigenvalue weighted by Gasteiger charge is -2.13. The molecule has 0 aliphatic carbocycles. The predicted octanol–water partition coefficient (Wildman–Crippen LogP) is 7.07. The molecule has 5 heteroatoms. The molecule has 5 nitrogen and oxygen atoms in total. The van der Waals surface area contributed by atoms with Crippen LogP contribution in [0.1, 0.15) is 109 Å². The Labute approximate surface area is 194 Å². The number of aliphatic carboxylic acids is 1. The van der Waals surface area contributed by atoms with Gasteiger partial charge in [-0.3, -0.25) is 4.79 Å². The molecular formula is C27H44O5. The van der Waals surface area contributed by atoms with Gasteiger partial charge in [0.05, 0.1) is 13.2 Å². The van der Waals surface area contributed by atoms with Crippen LogP contribution in [-0.2, 0) is 25.7 Å². The molecule has 0 radical (unpaired) electrons. The number of unbranched alkanes of at least 4 members (excludes halogenated alkanes) is 13. The minimum Gasteiger partial charge on any atom is -0.479 e. The minimum absolute atomic E-state index is 0.180. The van der Waals surface area contributed by atoms with Gasteiger partial charge in [-0.2, -0.15) is 0 Å². The molecule has 1 aromatic carbocycles. The lowest BCUT2D eigenvalue weighted by Crippen LogP contribution is -2.23. The van der Waals surface area contributed by atoms with E-state index in [1.165, 1.54) is 71.1 Å². The number of carbonyl (C=O) groups excluding carboxylic acids is 1. The molecule has 1 rings (SSSR count). The minimum atomic E-state index is -0.858. The third-order valence-electron chi connectivity index (χ3n) is 5.74. The van der Waals surface area contributed by atoms with Gasteiger partial charge in [0.25, 0.3) is 0 Å². The number of esters is 1. The third-order valence-corrected chi connectivity index (χ3v) is 5.74. The van der Waals surface area contributed by atoms with Crippen molar-refractivity contribution >= 4 is 11.9 Å². The molecule has 0 aliphatic heterocycles. The Morgan fingerprint density at radius 1 is 0.750 bits per heavy atom.